The fraction of sp³-hybridized carbons (Fsp3) is 0.333. The van der Waals surface area contributed by atoms with Crippen LogP contribution in [0.25, 0.3) is 0 Å². The lowest BCUT2D eigenvalue weighted by Crippen LogP contribution is -2.23. The van der Waals surface area contributed by atoms with Gasteiger partial charge in [-0.05, 0) is 39.0 Å². The van der Waals surface area contributed by atoms with E-state index < -0.39 is 5.60 Å². The molecule has 1 amide bonds. The highest BCUT2D eigenvalue weighted by molar-refractivity contribution is 5.94. The van der Waals surface area contributed by atoms with Crippen LogP contribution in [0.3, 0.4) is 0 Å². The molecule has 0 radical (unpaired) electrons. The second-order valence-electron chi connectivity index (χ2n) is 5.81. The van der Waals surface area contributed by atoms with Crippen molar-refractivity contribution in [2.45, 2.75) is 39.8 Å². The van der Waals surface area contributed by atoms with Crippen molar-refractivity contribution in [3.63, 3.8) is 0 Å². The summed E-state index contributed by atoms with van der Waals surface area (Å²) in [6, 6.07) is 6.95. The van der Waals surface area contributed by atoms with Gasteiger partial charge in [-0.15, -0.1) is 0 Å². The molecule has 2 aromatic rings. The van der Waals surface area contributed by atoms with Gasteiger partial charge in [0.1, 0.15) is 17.1 Å². The van der Waals surface area contributed by atoms with Crippen molar-refractivity contribution < 1.29 is 14.3 Å². The number of aryl methyl sites for hydroxylation is 2. The standard InChI is InChI=1S/C18H20N2O3/c1-12-16(20-13(2)23-12)11-19-17(21)15-7-5-6-14(10-15)8-9-18(3,4)22/h5-7,10,22H,11H2,1-4H3,(H,19,21). The molecule has 0 aliphatic carbocycles. The molecule has 0 atom stereocenters. The van der Waals surface area contributed by atoms with Crippen LogP contribution in [0.1, 0.15) is 47.1 Å². The second kappa shape index (κ2) is 6.67. The Morgan fingerprint density at radius 1 is 1.39 bits per heavy atom. The van der Waals surface area contributed by atoms with Crippen molar-refractivity contribution in [3.05, 3.63) is 52.7 Å². The lowest BCUT2D eigenvalue weighted by Gasteiger charge is -2.06. The fourth-order valence-corrected chi connectivity index (χ4v) is 1.97. The van der Waals surface area contributed by atoms with E-state index in [4.69, 9.17) is 4.42 Å². The monoisotopic (exact) mass is 312 g/mol. The summed E-state index contributed by atoms with van der Waals surface area (Å²) >= 11 is 0. The summed E-state index contributed by atoms with van der Waals surface area (Å²) in [5, 5.41) is 12.4. The molecule has 2 rings (SSSR count). The van der Waals surface area contributed by atoms with Gasteiger partial charge in [-0.3, -0.25) is 4.79 Å². The van der Waals surface area contributed by atoms with Gasteiger partial charge < -0.3 is 14.8 Å². The van der Waals surface area contributed by atoms with E-state index in [0.717, 1.165) is 0 Å². The smallest absolute Gasteiger partial charge is 0.251 e. The van der Waals surface area contributed by atoms with E-state index >= 15 is 0 Å². The Labute approximate surface area is 135 Å². The lowest BCUT2D eigenvalue weighted by molar-refractivity contribution is 0.0950. The predicted molar refractivity (Wildman–Crippen MR) is 86.8 cm³/mol. The molecule has 1 heterocycles. The molecule has 5 heteroatoms. The quantitative estimate of drug-likeness (QED) is 0.853. The Bertz CT molecular complexity index is 774. The van der Waals surface area contributed by atoms with Crippen LogP contribution in [-0.4, -0.2) is 21.6 Å². The van der Waals surface area contributed by atoms with E-state index in [1.165, 1.54) is 0 Å². The van der Waals surface area contributed by atoms with Crippen molar-refractivity contribution in [1.29, 1.82) is 0 Å². The molecule has 0 unspecified atom stereocenters. The second-order valence-corrected chi connectivity index (χ2v) is 5.81. The first-order chi connectivity index (χ1) is 10.7. The first kappa shape index (κ1) is 16.8. The lowest BCUT2D eigenvalue weighted by atomic mass is 10.1. The maximum absolute atomic E-state index is 12.2. The number of benzene rings is 1. The van der Waals surface area contributed by atoms with Crippen LogP contribution >= 0.6 is 0 Å². The minimum absolute atomic E-state index is 0.211. The van der Waals surface area contributed by atoms with Gasteiger partial charge in [0.2, 0.25) is 0 Å². The van der Waals surface area contributed by atoms with Crippen molar-refractivity contribution in [1.82, 2.24) is 10.3 Å². The number of oxazole rings is 1. The summed E-state index contributed by atoms with van der Waals surface area (Å²) in [6.07, 6.45) is 0. The highest BCUT2D eigenvalue weighted by atomic mass is 16.4. The molecule has 1 aromatic carbocycles. The topological polar surface area (TPSA) is 75.4 Å². The van der Waals surface area contributed by atoms with Crippen molar-refractivity contribution in [2.24, 2.45) is 0 Å². The van der Waals surface area contributed by atoms with Gasteiger partial charge in [-0.1, -0.05) is 17.9 Å². The first-order valence-corrected chi connectivity index (χ1v) is 7.31. The van der Waals surface area contributed by atoms with Gasteiger partial charge in [0, 0.05) is 18.1 Å². The van der Waals surface area contributed by atoms with Crippen LogP contribution in [0, 0.1) is 25.7 Å². The van der Waals surface area contributed by atoms with Gasteiger partial charge in [-0.2, -0.15) is 0 Å². The van der Waals surface area contributed by atoms with Crippen molar-refractivity contribution in [3.8, 4) is 11.8 Å². The third-order valence-corrected chi connectivity index (χ3v) is 3.05. The third-order valence-electron chi connectivity index (χ3n) is 3.05. The number of aliphatic hydroxyl groups is 1. The van der Waals surface area contributed by atoms with E-state index in [1.807, 2.05) is 6.92 Å². The van der Waals surface area contributed by atoms with E-state index in [-0.39, 0.29) is 5.91 Å². The number of hydrogen-bond acceptors (Lipinski definition) is 4. The maximum atomic E-state index is 12.2. The highest BCUT2D eigenvalue weighted by Gasteiger charge is 2.10. The minimum atomic E-state index is -1.07. The number of rotatable bonds is 3. The zero-order valence-electron chi connectivity index (χ0n) is 13.7. The Kier molecular flexibility index (Phi) is 4.87. The SMILES string of the molecule is Cc1nc(CNC(=O)c2cccc(C#CC(C)(C)O)c2)c(C)o1. The summed E-state index contributed by atoms with van der Waals surface area (Å²) in [7, 11) is 0. The zero-order valence-corrected chi connectivity index (χ0v) is 13.7. The van der Waals surface area contributed by atoms with Crippen molar-refractivity contribution in [2.75, 3.05) is 0 Å². The van der Waals surface area contributed by atoms with Crippen LogP contribution in [0.5, 0.6) is 0 Å². The van der Waals surface area contributed by atoms with Crippen LogP contribution < -0.4 is 5.32 Å². The van der Waals surface area contributed by atoms with E-state index in [0.29, 0.717) is 35.0 Å². The van der Waals surface area contributed by atoms with Gasteiger partial charge in [0.05, 0.1) is 6.54 Å². The maximum Gasteiger partial charge on any atom is 0.251 e. The molecule has 0 spiro atoms. The number of carbonyl (C=O) groups excluding carboxylic acids is 1. The van der Waals surface area contributed by atoms with Crippen LogP contribution in [0.4, 0.5) is 0 Å². The molecule has 0 saturated heterocycles. The molecule has 0 aliphatic rings. The van der Waals surface area contributed by atoms with Crippen LogP contribution in [0.2, 0.25) is 0 Å². The number of carbonyl (C=O) groups is 1. The van der Waals surface area contributed by atoms with Gasteiger partial charge in [0.15, 0.2) is 5.89 Å². The van der Waals surface area contributed by atoms with E-state index in [1.54, 1.807) is 45.0 Å². The Morgan fingerprint density at radius 3 is 2.74 bits per heavy atom. The summed E-state index contributed by atoms with van der Waals surface area (Å²) < 4.78 is 5.33. The molecule has 0 bridgehead atoms. The Hall–Kier alpha value is -2.58. The van der Waals surface area contributed by atoms with Gasteiger partial charge >= 0.3 is 0 Å². The van der Waals surface area contributed by atoms with Crippen LogP contribution in [-0.2, 0) is 6.54 Å². The average Bonchev–Trinajstić information content (AvgIpc) is 2.80. The normalized spacial score (nSPS) is 10.8. The number of hydrogen-bond donors (Lipinski definition) is 2. The first-order valence-electron chi connectivity index (χ1n) is 7.31. The molecule has 120 valence electrons. The zero-order chi connectivity index (χ0) is 17.0. The molecule has 2 N–H and O–H groups in total. The number of aromatic nitrogens is 1. The summed E-state index contributed by atoms with van der Waals surface area (Å²) in [4.78, 5) is 16.4. The number of nitrogens with one attached hydrogen (secondary N) is 1. The molecule has 0 saturated carbocycles. The Morgan fingerprint density at radius 2 is 2.13 bits per heavy atom. The van der Waals surface area contributed by atoms with Crippen LogP contribution in [0.15, 0.2) is 28.7 Å². The number of nitrogens with zero attached hydrogens (tertiary/aromatic N) is 1. The highest BCUT2D eigenvalue weighted by Crippen LogP contribution is 2.10. The minimum Gasteiger partial charge on any atom is -0.446 e. The van der Waals surface area contributed by atoms with E-state index in [9.17, 15) is 9.90 Å². The third kappa shape index (κ3) is 4.97. The Balaban J connectivity index is 2.07. The molecular formula is C18H20N2O3. The molecular weight excluding hydrogens is 292 g/mol. The molecule has 0 aliphatic heterocycles. The summed E-state index contributed by atoms with van der Waals surface area (Å²) in [5.41, 5.74) is 0.827. The molecule has 1 aromatic heterocycles. The van der Waals surface area contributed by atoms with Gasteiger partial charge in [-0.25, -0.2) is 4.98 Å². The fourth-order valence-electron chi connectivity index (χ4n) is 1.97. The molecule has 5 nitrogen and oxygen atoms in total. The van der Waals surface area contributed by atoms with Crippen molar-refractivity contribution >= 4 is 5.91 Å². The summed E-state index contributed by atoms with van der Waals surface area (Å²) in [5.74, 6) is 6.65. The average molecular weight is 312 g/mol. The number of amides is 1. The summed E-state index contributed by atoms with van der Waals surface area (Å²) in [6.45, 7) is 7.11. The largest absolute Gasteiger partial charge is 0.446 e. The van der Waals surface area contributed by atoms with Gasteiger partial charge in [0.25, 0.3) is 5.91 Å². The molecule has 0 fully saturated rings. The predicted octanol–water partition coefficient (Wildman–Crippen LogP) is 2.34. The van der Waals surface area contributed by atoms with E-state index in [2.05, 4.69) is 22.1 Å². The molecule has 23 heavy (non-hydrogen) atoms.